The van der Waals surface area contributed by atoms with E-state index in [2.05, 4.69) is 9.88 Å². The molecule has 0 bridgehead atoms. The van der Waals surface area contributed by atoms with Gasteiger partial charge in [0.2, 0.25) is 0 Å². The standard InChI is InChI=1S/C16H17ClFN3OS/c1-20(7-2-9-22-13-5-3-12(18)4-6-13)11-14-15(17)19-16-21(14)8-10-23-16/h3-6,8,10H,2,7,9,11H2,1H3. The molecule has 1 aromatic carbocycles. The summed E-state index contributed by atoms with van der Waals surface area (Å²) in [6.45, 7) is 2.19. The summed E-state index contributed by atoms with van der Waals surface area (Å²) in [6, 6.07) is 6.07. The van der Waals surface area contributed by atoms with E-state index in [-0.39, 0.29) is 5.82 Å². The minimum atomic E-state index is -0.255. The number of hydrogen-bond acceptors (Lipinski definition) is 4. The van der Waals surface area contributed by atoms with E-state index in [0.717, 1.165) is 30.2 Å². The number of halogens is 2. The van der Waals surface area contributed by atoms with E-state index >= 15 is 0 Å². The van der Waals surface area contributed by atoms with Crippen LogP contribution in [-0.2, 0) is 6.54 Å². The Morgan fingerprint density at radius 3 is 2.91 bits per heavy atom. The van der Waals surface area contributed by atoms with Crippen LogP contribution >= 0.6 is 22.9 Å². The van der Waals surface area contributed by atoms with E-state index in [1.54, 1.807) is 23.5 Å². The van der Waals surface area contributed by atoms with Crippen LogP contribution in [0.3, 0.4) is 0 Å². The van der Waals surface area contributed by atoms with Crippen molar-refractivity contribution in [2.75, 3.05) is 20.2 Å². The Labute approximate surface area is 143 Å². The lowest BCUT2D eigenvalue weighted by molar-refractivity contribution is 0.257. The lowest BCUT2D eigenvalue weighted by atomic mass is 10.3. The molecule has 0 aliphatic heterocycles. The van der Waals surface area contributed by atoms with Gasteiger partial charge in [-0.05, 0) is 37.7 Å². The lowest BCUT2D eigenvalue weighted by Crippen LogP contribution is -2.21. The number of benzene rings is 1. The van der Waals surface area contributed by atoms with Gasteiger partial charge in [0, 0.05) is 24.7 Å². The lowest BCUT2D eigenvalue weighted by Gasteiger charge is -2.16. The van der Waals surface area contributed by atoms with Crippen molar-refractivity contribution in [1.29, 1.82) is 0 Å². The molecule has 2 heterocycles. The van der Waals surface area contributed by atoms with Crippen molar-refractivity contribution in [3.63, 3.8) is 0 Å². The summed E-state index contributed by atoms with van der Waals surface area (Å²) in [7, 11) is 2.04. The maximum Gasteiger partial charge on any atom is 0.195 e. The van der Waals surface area contributed by atoms with Crippen LogP contribution in [0.2, 0.25) is 5.15 Å². The van der Waals surface area contributed by atoms with Crippen molar-refractivity contribution in [3.8, 4) is 5.75 Å². The maximum atomic E-state index is 12.8. The number of aromatic nitrogens is 2. The van der Waals surface area contributed by atoms with E-state index in [1.807, 2.05) is 23.0 Å². The number of imidazole rings is 1. The normalized spacial score (nSPS) is 11.5. The first kappa shape index (κ1) is 16.2. The minimum absolute atomic E-state index is 0.255. The molecule has 0 saturated heterocycles. The average molecular weight is 354 g/mol. The van der Waals surface area contributed by atoms with E-state index in [0.29, 0.717) is 17.5 Å². The third kappa shape index (κ3) is 4.02. The molecule has 3 rings (SSSR count). The molecule has 3 aromatic rings. The van der Waals surface area contributed by atoms with Gasteiger partial charge in [0.05, 0.1) is 12.3 Å². The largest absolute Gasteiger partial charge is 0.494 e. The fraction of sp³-hybridized carbons (Fsp3) is 0.312. The Bertz CT molecular complexity index is 771. The van der Waals surface area contributed by atoms with Crippen LogP contribution in [0, 0.1) is 5.82 Å². The second-order valence-corrected chi connectivity index (χ2v) is 6.53. The molecule has 0 spiro atoms. The first-order valence-corrected chi connectivity index (χ1v) is 8.56. The minimum Gasteiger partial charge on any atom is -0.494 e. The van der Waals surface area contributed by atoms with E-state index in [1.165, 1.54) is 12.1 Å². The number of rotatable bonds is 7. The second kappa shape index (κ2) is 7.29. The summed E-state index contributed by atoms with van der Waals surface area (Å²) in [6.07, 6.45) is 2.86. The number of thiazole rings is 1. The topological polar surface area (TPSA) is 29.8 Å². The van der Waals surface area contributed by atoms with Crippen molar-refractivity contribution in [3.05, 3.63) is 52.5 Å². The van der Waals surface area contributed by atoms with Gasteiger partial charge in [0.15, 0.2) is 10.1 Å². The number of fused-ring (bicyclic) bond motifs is 1. The van der Waals surface area contributed by atoms with Gasteiger partial charge < -0.3 is 9.64 Å². The van der Waals surface area contributed by atoms with Gasteiger partial charge in [0.25, 0.3) is 0 Å². The molecule has 0 aliphatic rings. The molecule has 0 amide bonds. The summed E-state index contributed by atoms with van der Waals surface area (Å²) in [4.78, 5) is 7.43. The van der Waals surface area contributed by atoms with E-state index < -0.39 is 0 Å². The Balaban J connectivity index is 1.46. The summed E-state index contributed by atoms with van der Waals surface area (Å²) in [5.74, 6) is 0.433. The SMILES string of the molecule is CN(CCCOc1ccc(F)cc1)Cc1c(Cl)nc2sccn12. The third-order valence-electron chi connectivity index (χ3n) is 3.50. The van der Waals surface area contributed by atoms with Gasteiger partial charge >= 0.3 is 0 Å². The van der Waals surface area contributed by atoms with Crippen molar-refractivity contribution in [2.24, 2.45) is 0 Å². The van der Waals surface area contributed by atoms with Crippen LogP contribution in [0.25, 0.3) is 4.96 Å². The first-order valence-electron chi connectivity index (χ1n) is 7.30. The quantitative estimate of drug-likeness (QED) is 0.599. The molecule has 0 saturated carbocycles. The molecular formula is C16H17ClFN3OS. The molecule has 4 nitrogen and oxygen atoms in total. The summed E-state index contributed by atoms with van der Waals surface area (Å²) >= 11 is 7.77. The molecule has 0 aliphatic carbocycles. The maximum absolute atomic E-state index is 12.8. The van der Waals surface area contributed by atoms with Crippen molar-refractivity contribution >= 4 is 27.9 Å². The number of ether oxygens (including phenoxy) is 1. The number of nitrogens with zero attached hydrogens (tertiary/aromatic N) is 3. The molecule has 0 fully saturated rings. The van der Waals surface area contributed by atoms with Crippen molar-refractivity contribution < 1.29 is 9.13 Å². The second-order valence-electron chi connectivity index (χ2n) is 5.30. The molecule has 0 unspecified atom stereocenters. The molecule has 0 N–H and O–H groups in total. The third-order valence-corrected chi connectivity index (χ3v) is 4.56. The highest BCUT2D eigenvalue weighted by molar-refractivity contribution is 7.15. The molecule has 122 valence electrons. The Morgan fingerprint density at radius 1 is 1.35 bits per heavy atom. The highest BCUT2D eigenvalue weighted by atomic mass is 35.5. The summed E-state index contributed by atoms with van der Waals surface area (Å²) in [5, 5.41) is 2.56. The van der Waals surface area contributed by atoms with Gasteiger partial charge in [-0.25, -0.2) is 9.37 Å². The fourth-order valence-corrected chi connectivity index (χ4v) is 3.35. The Morgan fingerprint density at radius 2 is 2.13 bits per heavy atom. The van der Waals surface area contributed by atoms with Gasteiger partial charge in [-0.15, -0.1) is 11.3 Å². The van der Waals surface area contributed by atoms with Crippen LogP contribution in [0.15, 0.2) is 35.8 Å². The molecule has 23 heavy (non-hydrogen) atoms. The molecule has 2 aromatic heterocycles. The molecule has 0 atom stereocenters. The molecule has 0 radical (unpaired) electrons. The van der Waals surface area contributed by atoms with Crippen LogP contribution in [0.5, 0.6) is 5.75 Å². The number of hydrogen-bond donors (Lipinski definition) is 0. The van der Waals surface area contributed by atoms with Gasteiger partial charge in [-0.1, -0.05) is 11.6 Å². The van der Waals surface area contributed by atoms with Gasteiger partial charge in [-0.3, -0.25) is 4.40 Å². The highest BCUT2D eigenvalue weighted by Crippen LogP contribution is 2.22. The van der Waals surface area contributed by atoms with Crippen LogP contribution in [0.1, 0.15) is 12.1 Å². The van der Waals surface area contributed by atoms with E-state index in [4.69, 9.17) is 16.3 Å². The van der Waals surface area contributed by atoms with Crippen LogP contribution < -0.4 is 4.74 Å². The Kier molecular flexibility index (Phi) is 5.15. The average Bonchev–Trinajstić information content (AvgIpc) is 3.08. The first-order chi connectivity index (χ1) is 11.1. The Hall–Kier alpha value is -1.63. The van der Waals surface area contributed by atoms with Gasteiger partial charge in [-0.2, -0.15) is 0 Å². The fourth-order valence-electron chi connectivity index (χ4n) is 2.34. The smallest absolute Gasteiger partial charge is 0.195 e. The van der Waals surface area contributed by atoms with Gasteiger partial charge in [0.1, 0.15) is 11.6 Å². The summed E-state index contributed by atoms with van der Waals surface area (Å²) < 4.78 is 20.4. The highest BCUT2D eigenvalue weighted by Gasteiger charge is 2.13. The summed E-state index contributed by atoms with van der Waals surface area (Å²) in [5.41, 5.74) is 1.00. The van der Waals surface area contributed by atoms with E-state index in [9.17, 15) is 4.39 Å². The van der Waals surface area contributed by atoms with Crippen molar-refractivity contribution in [1.82, 2.24) is 14.3 Å². The zero-order valence-corrected chi connectivity index (χ0v) is 14.3. The van der Waals surface area contributed by atoms with Crippen molar-refractivity contribution in [2.45, 2.75) is 13.0 Å². The predicted molar refractivity (Wildman–Crippen MR) is 90.9 cm³/mol. The van der Waals surface area contributed by atoms with Crippen LogP contribution in [-0.4, -0.2) is 34.5 Å². The zero-order valence-electron chi connectivity index (χ0n) is 12.7. The monoisotopic (exact) mass is 353 g/mol. The predicted octanol–water partition coefficient (Wildman–Crippen LogP) is 4.09. The van der Waals surface area contributed by atoms with Crippen LogP contribution in [0.4, 0.5) is 4.39 Å². The molecular weight excluding hydrogens is 337 g/mol. The zero-order chi connectivity index (χ0) is 16.2. The molecule has 7 heteroatoms.